The molecule has 0 saturated heterocycles. The fourth-order valence-electron chi connectivity index (χ4n) is 5.30. The highest BCUT2D eigenvalue weighted by atomic mass is 16.5. The Bertz CT molecular complexity index is 1050. The Kier molecular flexibility index (Phi) is 5.56. The van der Waals surface area contributed by atoms with Gasteiger partial charge in [0.05, 0.1) is 0 Å². The van der Waals surface area contributed by atoms with E-state index < -0.39 is 17.6 Å². The molecule has 2 amide bonds. The minimum absolute atomic E-state index is 0.0205. The van der Waals surface area contributed by atoms with Crippen molar-refractivity contribution in [2.45, 2.75) is 56.0 Å². The third kappa shape index (κ3) is 4.32. The van der Waals surface area contributed by atoms with Gasteiger partial charge in [0, 0.05) is 18.4 Å². The van der Waals surface area contributed by atoms with E-state index in [-0.39, 0.29) is 36.8 Å². The summed E-state index contributed by atoms with van der Waals surface area (Å²) in [5.74, 6) is -1.03. The number of hydrogen-bond donors (Lipinski definition) is 3. The van der Waals surface area contributed by atoms with Crippen molar-refractivity contribution >= 4 is 18.0 Å². The summed E-state index contributed by atoms with van der Waals surface area (Å²) in [4.78, 5) is 36.0. The molecule has 0 radical (unpaired) electrons. The summed E-state index contributed by atoms with van der Waals surface area (Å²) in [5.41, 5.74) is 3.68. The first-order chi connectivity index (χ1) is 15.9. The lowest BCUT2D eigenvalue weighted by Gasteiger charge is -2.17. The van der Waals surface area contributed by atoms with Gasteiger partial charge in [-0.15, -0.1) is 0 Å². The van der Waals surface area contributed by atoms with Crippen LogP contribution >= 0.6 is 0 Å². The number of carbonyl (C=O) groups excluding carboxylic acids is 2. The number of carbonyl (C=O) groups is 3. The van der Waals surface area contributed by atoms with Crippen molar-refractivity contribution < 1.29 is 24.2 Å². The molecule has 0 aliphatic heterocycles. The van der Waals surface area contributed by atoms with Crippen LogP contribution in [0.5, 0.6) is 0 Å². The highest BCUT2D eigenvalue weighted by Crippen LogP contribution is 2.44. The highest BCUT2D eigenvalue weighted by Gasteiger charge is 2.51. The van der Waals surface area contributed by atoms with Crippen molar-refractivity contribution in [2.75, 3.05) is 6.61 Å². The molecule has 2 aromatic carbocycles. The quantitative estimate of drug-likeness (QED) is 0.597. The second-order valence-corrected chi connectivity index (χ2v) is 9.49. The number of nitrogens with one attached hydrogen (secondary N) is 2. The van der Waals surface area contributed by atoms with Crippen molar-refractivity contribution in [3.8, 4) is 11.1 Å². The highest BCUT2D eigenvalue weighted by molar-refractivity contribution is 5.89. The van der Waals surface area contributed by atoms with Crippen LogP contribution in [0.2, 0.25) is 0 Å². The van der Waals surface area contributed by atoms with Gasteiger partial charge in [0.25, 0.3) is 0 Å². The zero-order valence-electron chi connectivity index (χ0n) is 18.4. The molecule has 33 heavy (non-hydrogen) atoms. The number of benzene rings is 2. The van der Waals surface area contributed by atoms with Crippen LogP contribution in [0, 0.1) is 5.92 Å². The average molecular weight is 449 g/mol. The Morgan fingerprint density at radius 2 is 1.61 bits per heavy atom. The minimum atomic E-state index is -1.05. The Labute approximate surface area is 192 Å². The standard InChI is InChI=1S/C26H28N2O5/c29-23(28-26(11-12-26)24(30)31)14-16-9-10-17(13-16)27-25(32)33-15-22-20-7-3-1-5-18(20)19-6-2-4-8-21(19)22/h1-8,16-17,22H,9-15H2,(H,27,32)(H,28,29)(H,30,31)/t16-,17+/m1/s1. The van der Waals surface area contributed by atoms with Gasteiger partial charge in [0.15, 0.2) is 0 Å². The number of alkyl carbamates (subject to hydrolysis) is 1. The predicted molar refractivity (Wildman–Crippen MR) is 122 cm³/mol. The van der Waals surface area contributed by atoms with Crippen molar-refractivity contribution in [1.29, 1.82) is 0 Å². The van der Waals surface area contributed by atoms with E-state index in [4.69, 9.17) is 4.74 Å². The summed E-state index contributed by atoms with van der Waals surface area (Å²) in [6, 6.07) is 16.4. The molecular weight excluding hydrogens is 420 g/mol. The predicted octanol–water partition coefficient (Wildman–Crippen LogP) is 3.82. The van der Waals surface area contributed by atoms with E-state index >= 15 is 0 Å². The Hall–Kier alpha value is -3.35. The van der Waals surface area contributed by atoms with Gasteiger partial charge in [0.1, 0.15) is 12.1 Å². The van der Waals surface area contributed by atoms with E-state index in [1.54, 1.807) is 0 Å². The number of rotatable bonds is 7. The van der Waals surface area contributed by atoms with E-state index in [9.17, 15) is 19.5 Å². The largest absolute Gasteiger partial charge is 0.480 e. The first-order valence-corrected chi connectivity index (χ1v) is 11.6. The van der Waals surface area contributed by atoms with Crippen molar-refractivity contribution in [2.24, 2.45) is 5.92 Å². The maximum absolute atomic E-state index is 12.5. The van der Waals surface area contributed by atoms with Gasteiger partial charge in [-0.05, 0) is 60.3 Å². The summed E-state index contributed by atoms with van der Waals surface area (Å²) in [6.45, 7) is 0.273. The molecule has 3 N–H and O–H groups in total. The number of aliphatic carboxylic acids is 1. The summed E-state index contributed by atoms with van der Waals surface area (Å²) >= 11 is 0. The van der Waals surface area contributed by atoms with Crippen LogP contribution in [0.25, 0.3) is 11.1 Å². The van der Waals surface area contributed by atoms with Crippen LogP contribution in [0.3, 0.4) is 0 Å². The van der Waals surface area contributed by atoms with E-state index in [1.165, 1.54) is 22.3 Å². The van der Waals surface area contributed by atoms with Crippen molar-refractivity contribution in [3.05, 3.63) is 59.7 Å². The molecule has 172 valence electrons. The monoisotopic (exact) mass is 448 g/mol. The molecule has 7 nitrogen and oxygen atoms in total. The smallest absolute Gasteiger partial charge is 0.407 e. The van der Waals surface area contributed by atoms with E-state index in [1.807, 2.05) is 24.3 Å². The third-order valence-corrected chi connectivity index (χ3v) is 7.22. The molecule has 2 aromatic rings. The number of hydrogen-bond acceptors (Lipinski definition) is 4. The Morgan fingerprint density at radius 1 is 0.970 bits per heavy atom. The van der Waals surface area contributed by atoms with Crippen LogP contribution < -0.4 is 10.6 Å². The lowest BCUT2D eigenvalue weighted by atomic mass is 9.98. The van der Waals surface area contributed by atoms with Gasteiger partial charge in [-0.2, -0.15) is 0 Å². The van der Waals surface area contributed by atoms with E-state index in [0.717, 1.165) is 12.8 Å². The van der Waals surface area contributed by atoms with Crippen LogP contribution in [0.1, 0.15) is 55.6 Å². The van der Waals surface area contributed by atoms with Gasteiger partial charge in [-0.25, -0.2) is 9.59 Å². The van der Waals surface area contributed by atoms with Crippen LogP contribution in [-0.2, 0) is 14.3 Å². The fraction of sp³-hybridized carbons (Fsp3) is 0.423. The van der Waals surface area contributed by atoms with Crippen LogP contribution in [0.15, 0.2) is 48.5 Å². The Morgan fingerprint density at radius 3 is 2.21 bits per heavy atom. The second kappa shape index (κ2) is 8.54. The fourth-order valence-corrected chi connectivity index (χ4v) is 5.30. The van der Waals surface area contributed by atoms with Gasteiger partial charge >= 0.3 is 12.1 Å². The molecule has 3 aliphatic carbocycles. The number of fused-ring (bicyclic) bond motifs is 3. The third-order valence-electron chi connectivity index (χ3n) is 7.22. The SMILES string of the molecule is O=C(C[C@@H]1CC[C@H](NC(=O)OCC2c3ccccc3-c3ccccc32)C1)NC1(C(=O)O)CC1. The van der Waals surface area contributed by atoms with Gasteiger partial charge in [-0.3, -0.25) is 4.79 Å². The summed E-state index contributed by atoms with van der Waals surface area (Å²) in [7, 11) is 0. The number of amides is 2. The second-order valence-electron chi connectivity index (χ2n) is 9.49. The summed E-state index contributed by atoms with van der Waals surface area (Å²) < 4.78 is 5.62. The summed E-state index contributed by atoms with van der Waals surface area (Å²) in [6.07, 6.45) is 3.13. The molecule has 2 saturated carbocycles. The molecule has 0 unspecified atom stereocenters. The van der Waals surface area contributed by atoms with Gasteiger partial charge < -0.3 is 20.5 Å². The zero-order valence-corrected chi connectivity index (χ0v) is 18.4. The number of carboxylic acids is 1. The molecule has 7 heteroatoms. The van der Waals surface area contributed by atoms with Gasteiger partial charge in [0.2, 0.25) is 5.91 Å². The molecule has 0 heterocycles. The van der Waals surface area contributed by atoms with Crippen molar-refractivity contribution in [3.63, 3.8) is 0 Å². The van der Waals surface area contributed by atoms with Gasteiger partial charge in [-0.1, -0.05) is 48.5 Å². The lowest BCUT2D eigenvalue weighted by Crippen LogP contribution is -2.43. The van der Waals surface area contributed by atoms with E-state index in [0.29, 0.717) is 19.3 Å². The molecule has 5 rings (SSSR count). The molecule has 2 atom stereocenters. The van der Waals surface area contributed by atoms with Crippen molar-refractivity contribution in [1.82, 2.24) is 10.6 Å². The molecule has 0 bridgehead atoms. The first-order valence-electron chi connectivity index (χ1n) is 11.6. The normalized spacial score (nSPS) is 22.2. The number of ether oxygens (including phenoxy) is 1. The average Bonchev–Trinajstić information content (AvgIpc) is 3.34. The zero-order chi connectivity index (χ0) is 23.0. The van der Waals surface area contributed by atoms with Crippen LogP contribution in [-0.4, -0.2) is 41.3 Å². The topological polar surface area (TPSA) is 105 Å². The Balaban J connectivity index is 1.11. The molecule has 2 fully saturated rings. The first kappa shape index (κ1) is 21.5. The molecule has 0 spiro atoms. The van der Waals surface area contributed by atoms with E-state index in [2.05, 4.69) is 34.9 Å². The number of carboxylic acid groups (broad SMARTS) is 1. The van der Waals surface area contributed by atoms with Crippen LogP contribution in [0.4, 0.5) is 4.79 Å². The maximum atomic E-state index is 12.5. The lowest BCUT2D eigenvalue weighted by molar-refractivity contribution is -0.143. The maximum Gasteiger partial charge on any atom is 0.407 e. The molecule has 0 aromatic heterocycles. The molecular formula is C26H28N2O5. The summed E-state index contributed by atoms with van der Waals surface area (Å²) in [5, 5.41) is 14.8. The minimum Gasteiger partial charge on any atom is -0.480 e. The molecule has 3 aliphatic rings.